The first-order chi connectivity index (χ1) is 11.6. The lowest BCUT2D eigenvalue weighted by Gasteiger charge is -2.58. The molecule has 1 aromatic carbocycles. The Kier molecular flexibility index (Phi) is 3.39. The lowest BCUT2D eigenvalue weighted by atomic mass is 9.52. The number of hydrogen-bond acceptors (Lipinski definition) is 3. The number of benzene rings is 1. The summed E-state index contributed by atoms with van der Waals surface area (Å²) in [7, 11) is 0. The summed E-state index contributed by atoms with van der Waals surface area (Å²) < 4.78 is 0. The number of nitrogens with one attached hydrogen (secondary N) is 1. The molecule has 0 aromatic heterocycles. The van der Waals surface area contributed by atoms with Crippen molar-refractivity contribution < 1.29 is 9.90 Å². The fraction of sp³-hybridized carbons (Fsp3) is 0.632. The van der Waals surface area contributed by atoms with Gasteiger partial charge < -0.3 is 10.4 Å². The van der Waals surface area contributed by atoms with Gasteiger partial charge in [0.15, 0.2) is 0 Å². The Labute approximate surface area is 147 Å². The third kappa shape index (κ3) is 2.36. The van der Waals surface area contributed by atoms with Crippen LogP contribution in [0.2, 0.25) is 0 Å². The molecule has 1 aliphatic heterocycles. The van der Waals surface area contributed by atoms with Crippen LogP contribution in [0.1, 0.15) is 32.1 Å². The maximum atomic E-state index is 13.0. The van der Waals surface area contributed by atoms with Crippen LogP contribution in [0.5, 0.6) is 0 Å². The highest BCUT2D eigenvalue weighted by Gasteiger charge is 2.55. The molecule has 2 atom stereocenters. The van der Waals surface area contributed by atoms with Crippen molar-refractivity contribution in [3.8, 4) is 0 Å². The second-order valence-corrected chi connectivity index (χ2v) is 9.27. The molecule has 5 aliphatic rings. The minimum atomic E-state index is -0.438. The normalized spacial score (nSPS) is 39.6. The number of nitrogens with zero attached hydrogens (tertiary/aromatic N) is 1. The van der Waals surface area contributed by atoms with Crippen LogP contribution in [0.25, 0.3) is 0 Å². The average molecular weight is 344 g/mol. The zero-order valence-electron chi connectivity index (χ0n) is 13.8. The molecule has 4 nitrogen and oxygen atoms in total. The highest BCUT2D eigenvalue weighted by molar-refractivity contribution is 7.99. The van der Waals surface area contributed by atoms with E-state index in [0.717, 1.165) is 37.2 Å². The molecule has 4 saturated carbocycles. The van der Waals surface area contributed by atoms with Crippen LogP contribution in [-0.2, 0) is 0 Å². The largest absolute Gasteiger partial charge is 0.390 e. The lowest BCUT2D eigenvalue weighted by molar-refractivity contribution is -0.136. The molecule has 4 aliphatic carbocycles. The number of amides is 2. The van der Waals surface area contributed by atoms with E-state index in [1.807, 2.05) is 34.9 Å². The molecule has 6 rings (SSSR count). The van der Waals surface area contributed by atoms with Crippen LogP contribution in [-0.4, -0.2) is 35.1 Å². The smallest absolute Gasteiger partial charge is 0.322 e. The molecule has 1 aromatic rings. The van der Waals surface area contributed by atoms with Gasteiger partial charge in [0, 0.05) is 23.2 Å². The van der Waals surface area contributed by atoms with Gasteiger partial charge in [-0.15, -0.1) is 11.8 Å². The van der Waals surface area contributed by atoms with E-state index in [1.165, 1.54) is 17.7 Å². The summed E-state index contributed by atoms with van der Waals surface area (Å²) in [6.07, 6.45) is 5.08. The van der Waals surface area contributed by atoms with E-state index in [1.54, 1.807) is 0 Å². The average Bonchev–Trinajstić information content (AvgIpc) is 2.56. The third-order valence-electron chi connectivity index (χ3n) is 6.50. The number of aliphatic hydroxyl groups is 1. The molecular weight excluding hydrogens is 320 g/mol. The van der Waals surface area contributed by atoms with Crippen LogP contribution >= 0.6 is 11.8 Å². The molecule has 2 N–H and O–H groups in total. The lowest BCUT2D eigenvalue weighted by Crippen LogP contribution is -2.63. The number of carbonyl (C=O) groups is 1. The molecule has 5 heteroatoms. The van der Waals surface area contributed by atoms with E-state index < -0.39 is 5.60 Å². The first-order valence-corrected chi connectivity index (χ1v) is 10.1. The van der Waals surface area contributed by atoms with Gasteiger partial charge in [-0.3, -0.25) is 4.90 Å². The van der Waals surface area contributed by atoms with Crippen LogP contribution in [0.15, 0.2) is 29.2 Å². The summed E-state index contributed by atoms with van der Waals surface area (Å²) in [6, 6.07) is 8.47. The first kappa shape index (κ1) is 15.1. The molecule has 0 saturated heterocycles. The molecule has 0 radical (unpaired) electrons. The molecule has 24 heavy (non-hydrogen) atoms. The Bertz CT molecular complexity index is 663. The quantitative estimate of drug-likeness (QED) is 0.822. The van der Waals surface area contributed by atoms with Crippen molar-refractivity contribution in [2.45, 2.75) is 48.6 Å². The van der Waals surface area contributed by atoms with Gasteiger partial charge in [0.25, 0.3) is 0 Å². The van der Waals surface area contributed by atoms with Crippen molar-refractivity contribution in [1.82, 2.24) is 5.32 Å². The number of urea groups is 1. The van der Waals surface area contributed by atoms with Crippen LogP contribution < -0.4 is 10.2 Å². The minimum Gasteiger partial charge on any atom is -0.390 e. The Morgan fingerprint density at radius 2 is 1.96 bits per heavy atom. The predicted octanol–water partition coefficient (Wildman–Crippen LogP) is 3.25. The summed E-state index contributed by atoms with van der Waals surface area (Å²) in [5.74, 6) is 2.54. The van der Waals surface area contributed by atoms with E-state index in [4.69, 9.17) is 0 Å². The SMILES string of the molecule is O=C(N[C@H]1C2CC3CC1C[C@](O)(C3)C2)N1CCSc2ccccc21. The van der Waals surface area contributed by atoms with Gasteiger partial charge in [-0.2, -0.15) is 0 Å². The molecule has 4 fully saturated rings. The summed E-state index contributed by atoms with van der Waals surface area (Å²) in [5.41, 5.74) is 0.597. The Balaban J connectivity index is 1.35. The number of para-hydroxylation sites is 1. The van der Waals surface area contributed by atoms with Crippen molar-refractivity contribution in [3.63, 3.8) is 0 Å². The van der Waals surface area contributed by atoms with Crippen molar-refractivity contribution in [3.05, 3.63) is 24.3 Å². The fourth-order valence-electron chi connectivity index (χ4n) is 5.82. The number of fused-ring (bicyclic) bond motifs is 1. The van der Waals surface area contributed by atoms with Crippen LogP contribution in [0.4, 0.5) is 10.5 Å². The van der Waals surface area contributed by atoms with Gasteiger partial charge in [0.05, 0.1) is 11.3 Å². The molecule has 0 spiro atoms. The van der Waals surface area contributed by atoms with Crippen molar-refractivity contribution >= 4 is 23.5 Å². The first-order valence-electron chi connectivity index (χ1n) is 9.14. The zero-order chi connectivity index (χ0) is 16.3. The topological polar surface area (TPSA) is 52.6 Å². The van der Waals surface area contributed by atoms with E-state index >= 15 is 0 Å². The van der Waals surface area contributed by atoms with Gasteiger partial charge in [-0.1, -0.05) is 12.1 Å². The summed E-state index contributed by atoms with van der Waals surface area (Å²) in [4.78, 5) is 16.1. The van der Waals surface area contributed by atoms with Crippen molar-refractivity contribution in [1.29, 1.82) is 0 Å². The Hall–Kier alpha value is -1.20. The van der Waals surface area contributed by atoms with Gasteiger partial charge in [0.1, 0.15) is 0 Å². The maximum absolute atomic E-state index is 13.0. The predicted molar refractivity (Wildman–Crippen MR) is 95.3 cm³/mol. The highest BCUT2D eigenvalue weighted by Crippen LogP contribution is 2.55. The third-order valence-corrected chi connectivity index (χ3v) is 7.55. The number of rotatable bonds is 1. The molecular formula is C19H24N2O2S. The number of anilines is 1. The standard InChI is InChI=1S/C19H24N2O2S/c22-18(21-5-6-24-16-4-2-1-3-15(16)21)20-17-13-7-12-8-14(17)11-19(23,9-12)10-13/h1-4,12-14,17,23H,5-11H2,(H,20,22)/t12?,13?,14?,17-,19-. The molecule has 128 valence electrons. The second kappa shape index (κ2) is 5.40. The van der Waals surface area contributed by atoms with E-state index in [-0.39, 0.29) is 12.1 Å². The van der Waals surface area contributed by atoms with Crippen LogP contribution in [0.3, 0.4) is 0 Å². The summed E-state index contributed by atoms with van der Waals surface area (Å²) >= 11 is 1.82. The molecule has 2 unspecified atom stereocenters. The fourth-order valence-corrected chi connectivity index (χ4v) is 6.81. The number of hydrogen-bond donors (Lipinski definition) is 2. The van der Waals surface area contributed by atoms with Crippen LogP contribution in [0, 0.1) is 17.8 Å². The Morgan fingerprint density at radius 3 is 2.71 bits per heavy atom. The second-order valence-electron chi connectivity index (χ2n) is 8.14. The van der Waals surface area contributed by atoms with E-state index in [0.29, 0.717) is 17.8 Å². The van der Waals surface area contributed by atoms with Crippen molar-refractivity contribution in [2.75, 3.05) is 17.2 Å². The minimum absolute atomic E-state index is 0.0483. The number of thioether (sulfide) groups is 1. The van der Waals surface area contributed by atoms with Gasteiger partial charge in [0.2, 0.25) is 0 Å². The number of carbonyl (C=O) groups excluding carboxylic acids is 1. The zero-order valence-corrected chi connectivity index (χ0v) is 14.6. The van der Waals surface area contributed by atoms with Gasteiger partial charge >= 0.3 is 6.03 Å². The van der Waals surface area contributed by atoms with Gasteiger partial charge in [-0.25, -0.2) is 4.79 Å². The molecule has 1 heterocycles. The van der Waals surface area contributed by atoms with Crippen molar-refractivity contribution in [2.24, 2.45) is 17.8 Å². The highest BCUT2D eigenvalue weighted by atomic mass is 32.2. The maximum Gasteiger partial charge on any atom is 0.322 e. The van der Waals surface area contributed by atoms with E-state index in [9.17, 15) is 9.90 Å². The summed E-state index contributed by atoms with van der Waals surface area (Å²) in [5, 5.41) is 14.1. The monoisotopic (exact) mass is 344 g/mol. The molecule has 4 bridgehead atoms. The molecule has 2 amide bonds. The van der Waals surface area contributed by atoms with Gasteiger partial charge in [-0.05, 0) is 62.0 Å². The summed E-state index contributed by atoms with van der Waals surface area (Å²) in [6.45, 7) is 0.766. The Morgan fingerprint density at radius 1 is 1.21 bits per heavy atom. The van der Waals surface area contributed by atoms with E-state index in [2.05, 4.69) is 11.4 Å².